The van der Waals surface area contributed by atoms with Crippen molar-refractivity contribution >= 4 is 29.1 Å². The summed E-state index contributed by atoms with van der Waals surface area (Å²) in [6.45, 7) is 2.02. The van der Waals surface area contributed by atoms with Crippen molar-refractivity contribution in [1.82, 2.24) is 14.8 Å². The molecule has 0 fully saturated rings. The molecule has 2 aromatic heterocycles. The number of carbonyl (C=O) groups excluding carboxylic acids is 1. The van der Waals surface area contributed by atoms with Crippen molar-refractivity contribution in [3.8, 4) is 11.3 Å². The molecule has 1 amide bonds. The summed E-state index contributed by atoms with van der Waals surface area (Å²) >= 11 is 5.76. The molecule has 122 valence electrons. The lowest BCUT2D eigenvalue weighted by Crippen LogP contribution is -2.16. The lowest BCUT2D eigenvalue weighted by Gasteiger charge is -2.06. The second-order valence-corrected chi connectivity index (χ2v) is 5.76. The van der Waals surface area contributed by atoms with Crippen molar-refractivity contribution in [3.05, 3.63) is 58.7 Å². The summed E-state index contributed by atoms with van der Waals surface area (Å²) in [7, 11) is 1.76. The van der Waals surface area contributed by atoms with Gasteiger partial charge in [0, 0.05) is 18.7 Å². The molecule has 3 rings (SSSR count). The molecule has 0 aliphatic carbocycles. The number of nitrogens with zero attached hydrogens (tertiary/aromatic N) is 3. The Morgan fingerprint density at radius 2 is 2.00 bits per heavy atom. The zero-order chi connectivity index (χ0) is 17.3. The van der Waals surface area contributed by atoms with Crippen molar-refractivity contribution in [2.24, 2.45) is 7.05 Å². The predicted octanol–water partition coefficient (Wildman–Crippen LogP) is 3.28. The van der Waals surface area contributed by atoms with Crippen LogP contribution >= 0.6 is 11.6 Å². The summed E-state index contributed by atoms with van der Waals surface area (Å²) in [6.07, 6.45) is 0. The Bertz CT molecular complexity index is 919. The first-order valence-corrected chi connectivity index (χ1v) is 7.67. The Kier molecular flexibility index (Phi) is 4.22. The lowest BCUT2D eigenvalue weighted by atomic mass is 10.1. The molecule has 0 saturated carbocycles. The number of hydrogen-bond acceptors (Lipinski definition) is 4. The molecular weight excluding hydrogens is 326 g/mol. The van der Waals surface area contributed by atoms with Gasteiger partial charge in [-0.25, -0.2) is 4.98 Å². The van der Waals surface area contributed by atoms with Crippen LogP contribution in [0.25, 0.3) is 11.3 Å². The quantitative estimate of drug-likeness (QED) is 0.716. The van der Waals surface area contributed by atoms with E-state index >= 15 is 0 Å². The Labute approximate surface area is 144 Å². The third-order valence-corrected chi connectivity index (χ3v) is 3.89. The van der Waals surface area contributed by atoms with Crippen LogP contribution in [0.4, 0.5) is 11.6 Å². The fourth-order valence-corrected chi connectivity index (χ4v) is 2.56. The molecule has 6 nitrogen and oxygen atoms in total. The number of aryl methyl sites for hydroxylation is 2. The van der Waals surface area contributed by atoms with Crippen molar-refractivity contribution < 1.29 is 4.79 Å². The van der Waals surface area contributed by atoms with E-state index in [-0.39, 0.29) is 22.4 Å². The Balaban J connectivity index is 1.88. The van der Waals surface area contributed by atoms with Crippen LogP contribution in [0.2, 0.25) is 5.15 Å². The summed E-state index contributed by atoms with van der Waals surface area (Å²) in [5, 5.41) is 7.50. The number of anilines is 2. The van der Waals surface area contributed by atoms with Gasteiger partial charge in [-0.3, -0.25) is 9.48 Å². The van der Waals surface area contributed by atoms with Crippen LogP contribution in [0.3, 0.4) is 0 Å². The van der Waals surface area contributed by atoms with Gasteiger partial charge in [-0.05, 0) is 24.6 Å². The number of benzene rings is 1. The third kappa shape index (κ3) is 3.09. The van der Waals surface area contributed by atoms with Crippen molar-refractivity contribution in [2.75, 3.05) is 11.1 Å². The van der Waals surface area contributed by atoms with Gasteiger partial charge >= 0.3 is 0 Å². The van der Waals surface area contributed by atoms with Crippen LogP contribution in [0, 0.1) is 6.92 Å². The van der Waals surface area contributed by atoms with E-state index in [1.165, 1.54) is 6.07 Å². The number of nitrogens with two attached hydrogens (primary N) is 1. The maximum Gasteiger partial charge on any atom is 0.260 e. The smallest absolute Gasteiger partial charge is 0.260 e. The van der Waals surface area contributed by atoms with E-state index in [9.17, 15) is 4.79 Å². The van der Waals surface area contributed by atoms with E-state index in [2.05, 4.69) is 15.4 Å². The maximum absolute atomic E-state index is 12.4. The fraction of sp³-hybridized carbons (Fsp3) is 0.118. The molecule has 0 atom stereocenters. The average molecular weight is 342 g/mol. The average Bonchev–Trinajstić information content (AvgIpc) is 2.88. The zero-order valence-electron chi connectivity index (χ0n) is 13.2. The number of hydrogen-bond donors (Lipinski definition) is 2. The van der Waals surface area contributed by atoms with Crippen LogP contribution in [-0.2, 0) is 7.05 Å². The summed E-state index contributed by atoms with van der Waals surface area (Å²) < 4.78 is 1.61. The van der Waals surface area contributed by atoms with Gasteiger partial charge in [-0.1, -0.05) is 35.9 Å². The van der Waals surface area contributed by atoms with Gasteiger partial charge in [0.2, 0.25) is 0 Å². The van der Waals surface area contributed by atoms with Gasteiger partial charge in [-0.15, -0.1) is 0 Å². The molecule has 3 N–H and O–H groups in total. The van der Waals surface area contributed by atoms with E-state index < -0.39 is 0 Å². The molecule has 24 heavy (non-hydrogen) atoms. The molecule has 0 aliphatic rings. The van der Waals surface area contributed by atoms with Gasteiger partial charge in [0.25, 0.3) is 5.91 Å². The summed E-state index contributed by atoms with van der Waals surface area (Å²) in [6, 6.07) is 12.8. The van der Waals surface area contributed by atoms with Crippen LogP contribution in [0.1, 0.15) is 15.9 Å². The van der Waals surface area contributed by atoms with E-state index in [0.717, 1.165) is 16.8 Å². The lowest BCUT2D eigenvalue weighted by molar-refractivity contribution is 0.102. The minimum absolute atomic E-state index is 0.0845. The number of pyridine rings is 1. The van der Waals surface area contributed by atoms with E-state index in [4.69, 9.17) is 17.3 Å². The summed E-state index contributed by atoms with van der Waals surface area (Å²) in [4.78, 5) is 16.3. The Morgan fingerprint density at radius 1 is 1.25 bits per heavy atom. The molecule has 0 bridgehead atoms. The topological polar surface area (TPSA) is 85.8 Å². The van der Waals surface area contributed by atoms with Gasteiger partial charge < -0.3 is 11.1 Å². The third-order valence-electron chi connectivity index (χ3n) is 3.68. The molecule has 2 heterocycles. The van der Waals surface area contributed by atoms with E-state index in [1.54, 1.807) is 17.8 Å². The van der Waals surface area contributed by atoms with Crippen molar-refractivity contribution in [2.45, 2.75) is 6.92 Å². The number of halogens is 1. The SMILES string of the molecule is Cc1ccccc1-c1cc(NC(=O)c2ccc(Cl)nc2N)n(C)n1. The van der Waals surface area contributed by atoms with Gasteiger partial charge in [0.05, 0.1) is 11.3 Å². The Morgan fingerprint density at radius 3 is 2.71 bits per heavy atom. The minimum atomic E-state index is -0.365. The molecule has 0 radical (unpaired) electrons. The molecule has 7 heteroatoms. The Hall–Kier alpha value is -2.86. The highest BCUT2D eigenvalue weighted by Gasteiger charge is 2.15. The number of nitrogen functional groups attached to an aromatic ring is 1. The summed E-state index contributed by atoms with van der Waals surface area (Å²) in [5.74, 6) is 0.282. The molecule has 0 saturated heterocycles. The largest absolute Gasteiger partial charge is 0.383 e. The number of rotatable bonds is 3. The number of carbonyl (C=O) groups is 1. The van der Waals surface area contributed by atoms with Crippen LogP contribution in [0.15, 0.2) is 42.5 Å². The van der Waals surface area contributed by atoms with Gasteiger partial charge in [0.15, 0.2) is 0 Å². The predicted molar refractivity (Wildman–Crippen MR) is 95.0 cm³/mol. The summed E-state index contributed by atoms with van der Waals surface area (Å²) in [5.41, 5.74) is 8.92. The van der Waals surface area contributed by atoms with E-state index in [1.807, 2.05) is 37.3 Å². The molecule has 3 aromatic rings. The second-order valence-electron chi connectivity index (χ2n) is 5.37. The van der Waals surface area contributed by atoms with E-state index in [0.29, 0.717) is 5.82 Å². The first kappa shape index (κ1) is 16.0. The van der Waals surface area contributed by atoms with Gasteiger partial charge in [-0.2, -0.15) is 5.10 Å². The second kappa shape index (κ2) is 6.33. The highest BCUT2D eigenvalue weighted by Crippen LogP contribution is 2.25. The fourth-order valence-electron chi connectivity index (χ4n) is 2.40. The number of amides is 1. The van der Waals surface area contributed by atoms with Crippen LogP contribution in [-0.4, -0.2) is 20.7 Å². The standard InChI is InChI=1S/C17H16ClN5O/c1-10-5-3-4-6-11(10)13-9-15(23(2)22-13)21-17(24)12-7-8-14(18)20-16(12)19/h3-9H,1-2H3,(H2,19,20)(H,21,24). The highest BCUT2D eigenvalue weighted by atomic mass is 35.5. The molecular formula is C17H16ClN5O. The normalized spacial score (nSPS) is 10.6. The molecule has 0 spiro atoms. The minimum Gasteiger partial charge on any atom is -0.383 e. The number of aromatic nitrogens is 3. The van der Waals surface area contributed by atoms with Crippen molar-refractivity contribution in [1.29, 1.82) is 0 Å². The zero-order valence-corrected chi connectivity index (χ0v) is 14.0. The molecule has 0 aliphatic heterocycles. The van der Waals surface area contributed by atoms with Crippen LogP contribution < -0.4 is 11.1 Å². The van der Waals surface area contributed by atoms with Gasteiger partial charge in [0.1, 0.15) is 16.8 Å². The van der Waals surface area contributed by atoms with Crippen LogP contribution in [0.5, 0.6) is 0 Å². The maximum atomic E-state index is 12.4. The molecule has 1 aromatic carbocycles. The first-order valence-electron chi connectivity index (χ1n) is 7.29. The monoisotopic (exact) mass is 341 g/mol. The first-order chi connectivity index (χ1) is 11.5. The number of nitrogens with one attached hydrogen (secondary N) is 1. The highest BCUT2D eigenvalue weighted by molar-refractivity contribution is 6.29. The van der Waals surface area contributed by atoms with Crippen molar-refractivity contribution in [3.63, 3.8) is 0 Å². The molecule has 0 unspecified atom stereocenters.